The van der Waals surface area contributed by atoms with Crippen molar-refractivity contribution in [3.05, 3.63) is 43.0 Å². The highest BCUT2D eigenvalue weighted by Crippen LogP contribution is 2.36. The van der Waals surface area contributed by atoms with Crippen LogP contribution < -0.4 is 28.4 Å². The predicted molar refractivity (Wildman–Crippen MR) is 131 cm³/mol. The van der Waals surface area contributed by atoms with E-state index in [2.05, 4.69) is 29.4 Å². The van der Waals surface area contributed by atoms with Gasteiger partial charge in [0.15, 0.2) is 5.82 Å². The quantitative estimate of drug-likeness (QED) is 0.238. The average Bonchev–Trinajstić information content (AvgIpc) is 2.87. The SMILES string of the molecule is CCCNS(=O)(=O)Nc1ncnc(OCCOc2ncc(SC)cn2)c1Oc1cccc(OC)c1. The number of aromatic nitrogens is 4. The lowest BCUT2D eigenvalue weighted by Crippen LogP contribution is -2.31. The minimum atomic E-state index is -3.90. The molecule has 188 valence electrons. The Kier molecular flexibility index (Phi) is 9.69. The molecular formula is C21H26N6O6S2. The van der Waals surface area contributed by atoms with Crippen LogP contribution in [0.2, 0.25) is 0 Å². The van der Waals surface area contributed by atoms with Crippen LogP contribution in [0.25, 0.3) is 0 Å². The third-order valence-corrected chi connectivity index (χ3v) is 5.93. The Balaban J connectivity index is 1.77. The number of thioether (sulfide) groups is 1. The summed E-state index contributed by atoms with van der Waals surface area (Å²) in [6.07, 6.45) is 7.02. The summed E-state index contributed by atoms with van der Waals surface area (Å²) in [6, 6.07) is 6.97. The first-order valence-corrected chi connectivity index (χ1v) is 13.2. The Morgan fingerprint density at radius 1 is 1.03 bits per heavy atom. The zero-order chi connectivity index (χ0) is 25.1. The summed E-state index contributed by atoms with van der Waals surface area (Å²) in [7, 11) is -2.38. The van der Waals surface area contributed by atoms with E-state index in [-0.39, 0.29) is 43.2 Å². The number of benzene rings is 1. The number of rotatable bonds is 14. The maximum atomic E-state index is 12.4. The van der Waals surface area contributed by atoms with Gasteiger partial charge in [0.25, 0.3) is 16.1 Å². The molecule has 0 spiro atoms. The second kappa shape index (κ2) is 12.9. The van der Waals surface area contributed by atoms with Gasteiger partial charge in [0, 0.05) is 29.9 Å². The van der Waals surface area contributed by atoms with Gasteiger partial charge in [-0.1, -0.05) is 13.0 Å². The molecule has 3 aromatic rings. The largest absolute Gasteiger partial charge is 0.497 e. The van der Waals surface area contributed by atoms with Gasteiger partial charge in [-0.15, -0.1) is 11.8 Å². The molecule has 0 aliphatic rings. The van der Waals surface area contributed by atoms with E-state index in [0.717, 1.165) is 11.2 Å². The van der Waals surface area contributed by atoms with Crippen molar-refractivity contribution in [2.24, 2.45) is 0 Å². The third kappa shape index (κ3) is 8.12. The Bertz CT molecular complexity index is 1200. The van der Waals surface area contributed by atoms with Crippen molar-refractivity contribution in [2.75, 3.05) is 37.8 Å². The van der Waals surface area contributed by atoms with Gasteiger partial charge in [-0.2, -0.15) is 18.1 Å². The van der Waals surface area contributed by atoms with Crippen LogP contribution in [0.1, 0.15) is 13.3 Å². The molecule has 0 saturated carbocycles. The van der Waals surface area contributed by atoms with E-state index in [4.69, 9.17) is 18.9 Å². The molecule has 0 amide bonds. The number of ether oxygens (including phenoxy) is 4. The lowest BCUT2D eigenvalue weighted by atomic mass is 10.3. The average molecular weight is 523 g/mol. The van der Waals surface area contributed by atoms with Crippen molar-refractivity contribution in [2.45, 2.75) is 18.2 Å². The van der Waals surface area contributed by atoms with E-state index in [9.17, 15) is 8.42 Å². The van der Waals surface area contributed by atoms with Gasteiger partial charge >= 0.3 is 6.01 Å². The topological polar surface area (TPSA) is 147 Å². The number of nitrogens with zero attached hydrogens (tertiary/aromatic N) is 4. The zero-order valence-corrected chi connectivity index (χ0v) is 21.1. The van der Waals surface area contributed by atoms with Gasteiger partial charge in [-0.05, 0) is 24.8 Å². The van der Waals surface area contributed by atoms with Crippen molar-refractivity contribution in [3.63, 3.8) is 0 Å². The molecule has 0 bridgehead atoms. The lowest BCUT2D eigenvalue weighted by molar-refractivity contribution is 0.197. The molecule has 0 radical (unpaired) electrons. The van der Waals surface area contributed by atoms with Crippen LogP contribution in [0.5, 0.6) is 29.1 Å². The number of hydrogen-bond donors (Lipinski definition) is 2. The summed E-state index contributed by atoms with van der Waals surface area (Å²) < 4.78 is 51.9. The van der Waals surface area contributed by atoms with Gasteiger partial charge in [-0.3, -0.25) is 4.72 Å². The van der Waals surface area contributed by atoms with Crippen LogP contribution in [0.15, 0.2) is 47.9 Å². The summed E-state index contributed by atoms with van der Waals surface area (Å²) in [5.41, 5.74) is 0. The molecule has 0 atom stereocenters. The first-order chi connectivity index (χ1) is 16.9. The van der Waals surface area contributed by atoms with Crippen LogP contribution in [-0.4, -0.2) is 61.5 Å². The second-order valence-electron chi connectivity index (χ2n) is 6.74. The molecule has 1 aromatic carbocycles. The summed E-state index contributed by atoms with van der Waals surface area (Å²) in [5.74, 6) is 0.804. The highest BCUT2D eigenvalue weighted by Gasteiger charge is 2.20. The Morgan fingerprint density at radius 3 is 2.49 bits per heavy atom. The minimum Gasteiger partial charge on any atom is -0.497 e. The second-order valence-corrected chi connectivity index (χ2v) is 9.12. The lowest BCUT2D eigenvalue weighted by Gasteiger charge is -2.16. The van der Waals surface area contributed by atoms with E-state index < -0.39 is 10.2 Å². The van der Waals surface area contributed by atoms with E-state index in [1.807, 2.05) is 13.2 Å². The highest BCUT2D eigenvalue weighted by molar-refractivity contribution is 7.98. The highest BCUT2D eigenvalue weighted by atomic mass is 32.2. The van der Waals surface area contributed by atoms with Gasteiger partial charge in [0.2, 0.25) is 5.75 Å². The monoisotopic (exact) mass is 522 g/mol. The van der Waals surface area contributed by atoms with E-state index in [1.165, 1.54) is 18.9 Å². The summed E-state index contributed by atoms with van der Waals surface area (Å²) >= 11 is 1.52. The normalized spacial score (nSPS) is 11.1. The van der Waals surface area contributed by atoms with Crippen molar-refractivity contribution in [3.8, 4) is 29.1 Å². The van der Waals surface area contributed by atoms with E-state index in [0.29, 0.717) is 17.9 Å². The number of methoxy groups -OCH3 is 1. The fourth-order valence-corrected chi connectivity index (χ4v) is 3.82. The van der Waals surface area contributed by atoms with Gasteiger partial charge in [0.05, 0.1) is 7.11 Å². The molecule has 35 heavy (non-hydrogen) atoms. The van der Waals surface area contributed by atoms with Crippen molar-refractivity contribution < 1.29 is 27.4 Å². The molecule has 2 heterocycles. The van der Waals surface area contributed by atoms with Crippen LogP contribution in [0, 0.1) is 0 Å². The van der Waals surface area contributed by atoms with Crippen LogP contribution in [0.3, 0.4) is 0 Å². The van der Waals surface area contributed by atoms with Gasteiger partial charge in [-0.25, -0.2) is 15.0 Å². The smallest absolute Gasteiger partial charge is 0.316 e. The van der Waals surface area contributed by atoms with Crippen molar-refractivity contribution in [1.82, 2.24) is 24.7 Å². The maximum Gasteiger partial charge on any atom is 0.316 e. The number of hydrogen-bond acceptors (Lipinski definition) is 11. The molecule has 0 fully saturated rings. The predicted octanol–water partition coefficient (Wildman–Crippen LogP) is 2.90. The Labute approximate surface area is 208 Å². The molecule has 2 N–H and O–H groups in total. The standard InChI is InChI=1S/C21H26N6O6S2/c1-4-8-26-35(28,29)27-19-18(33-16-7-5-6-15(11-16)30-2)20(25-14-24-19)31-9-10-32-21-22-12-17(34-3)13-23-21/h5-7,11-14,26H,4,8-10H2,1-3H3,(H,24,25,27). The molecule has 0 saturated heterocycles. The molecule has 14 heteroatoms. The van der Waals surface area contributed by atoms with Crippen LogP contribution in [-0.2, 0) is 10.2 Å². The Hall–Kier alpha value is -3.36. The first-order valence-electron chi connectivity index (χ1n) is 10.5. The first kappa shape index (κ1) is 26.2. The van der Waals surface area contributed by atoms with E-state index in [1.54, 1.807) is 36.7 Å². The fourth-order valence-electron chi connectivity index (χ4n) is 2.56. The summed E-state index contributed by atoms with van der Waals surface area (Å²) in [4.78, 5) is 17.3. The zero-order valence-electron chi connectivity index (χ0n) is 19.4. The Morgan fingerprint density at radius 2 is 1.77 bits per heavy atom. The summed E-state index contributed by atoms with van der Waals surface area (Å²) in [6.45, 7) is 2.27. The minimum absolute atomic E-state index is 0.0123. The molecule has 0 aliphatic carbocycles. The van der Waals surface area contributed by atoms with Crippen LogP contribution in [0.4, 0.5) is 5.82 Å². The van der Waals surface area contributed by atoms with Crippen molar-refractivity contribution in [1.29, 1.82) is 0 Å². The number of anilines is 1. The van der Waals surface area contributed by atoms with Gasteiger partial charge < -0.3 is 18.9 Å². The molecule has 2 aromatic heterocycles. The molecule has 0 aliphatic heterocycles. The molecule has 3 rings (SSSR count). The summed E-state index contributed by atoms with van der Waals surface area (Å²) in [5, 5.41) is 0. The van der Waals surface area contributed by atoms with Crippen LogP contribution >= 0.6 is 11.8 Å². The van der Waals surface area contributed by atoms with E-state index >= 15 is 0 Å². The third-order valence-electron chi connectivity index (χ3n) is 4.20. The van der Waals surface area contributed by atoms with Gasteiger partial charge in [0.1, 0.15) is 31.0 Å². The maximum absolute atomic E-state index is 12.4. The number of nitrogens with one attached hydrogen (secondary N) is 2. The molecule has 12 nitrogen and oxygen atoms in total. The fraction of sp³-hybridized carbons (Fsp3) is 0.333. The molecular weight excluding hydrogens is 496 g/mol. The molecule has 0 unspecified atom stereocenters. The van der Waals surface area contributed by atoms with Crippen molar-refractivity contribution >= 4 is 27.8 Å².